The summed E-state index contributed by atoms with van der Waals surface area (Å²) in [4.78, 5) is 2.79. The maximum atomic E-state index is 5.96. The van der Waals surface area contributed by atoms with Crippen molar-refractivity contribution in [3.8, 4) is 0 Å². The fraction of sp³-hybridized carbons (Fsp3) is 0.286. The highest BCUT2D eigenvalue weighted by Crippen LogP contribution is 2.18. The number of nitrogen functional groups attached to an aromatic ring is 1. The van der Waals surface area contributed by atoms with Gasteiger partial charge in [0.2, 0.25) is 0 Å². The highest BCUT2D eigenvalue weighted by atomic mass is 35.5. The second-order valence-electron chi connectivity index (χ2n) is 4.22. The van der Waals surface area contributed by atoms with Crippen molar-refractivity contribution in [3.63, 3.8) is 0 Å². The van der Waals surface area contributed by atoms with E-state index in [1.807, 2.05) is 23.5 Å². The van der Waals surface area contributed by atoms with Crippen molar-refractivity contribution in [2.45, 2.75) is 26.4 Å². The molecule has 0 aliphatic carbocycles. The number of anilines is 1. The number of halogens is 1. The number of aryl methyl sites for hydroxylation is 1. The maximum Gasteiger partial charge on any atom is 0.0429 e. The van der Waals surface area contributed by atoms with E-state index in [1.165, 1.54) is 9.75 Å². The molecule has 0 radical (unpaired) electrons. The fourth-order valence-electron chi connectivity index (χ4n) is 1.81. The highest BCUT2D eigenvalue weighted by Gasteiger charge is 2.00. The number of thiophene rings is 1. The Hall–Kier alpha value is -1.03. The monoisotopic (exact) mass is 280 g/mol. The van der Waals surface area contributed by atoms with Gasteiger partial charge in [-0.15, -0.1) is 11.3 Å². The van der Waals surface area contributed by atoms with E-state index in [2.05, 4.69) is 24.4 Å². The molecule has 1 aromatic carbocycles. The zero-order valence-corrected chi connectivity index (χ0v) is 11.9. The summed E-state index contributed by atoms with van der Waals surface area (Å²) in [5.74, 6) is 0. The molecule has 4 heteroatoms. The first-order valence-electron chi connectivity index (χ1n) is 6.00. The molecule has 0 aliphatic heterocycles. The predicted octanol–water partition coefficient (Wildman–Crippen LogP) is 3.84. The standard InChI is InChI=1S/C14H17ClN2S/c1-2-13-3-4-14(18-13)9-17-8-10-5-11(15)7-12(16)6-10/h3-7,17H,2,8-9,16H2,1H3. The van der Waals surface area contributed by atoms with Crippen LogP contribution in [0.4, 0.5) is 5.69 Å². The average molecular weight is 281 g/mol. The summed E-state index contributed by atoms with van der Waals surface area (Å²) in [5.41, 5.74) is 7.58. The lowest BCUT2D eigenvalue weighted by molar-refractivity contribution is 0.701. The summed E-state index contributed by atoms with van der Waals surface area (Å²) >= 11 is 7.82. The minimum Gasteiger partial charge on any atom is -0.399 e. The van der Waals surface area contributed by atoms with Crippen LogP contribution in [0, 0.1) is 0 Å². The van der Waals surface area contributed by atoms with Crippen LogP contribution in [0.5, 0.6) is 0 Å². The third-order valence-electron chi connectivity index (χ3n) is 2.67. The van der Waals surface area contributed by atoms with Crippen molar-refractivity contribution in [2.24, 2.45) is 0 Å². The van der Waals surface area contributed by atoms with Crippen molar-refractivity contribution in [1.29, 1.82) is 0 Å². The molecule has 2 aromatic rings. The molecule has 2 rings (SSSR count). The third kappa shape index (κ3) is 3.73. The number of hydrogen-bond donors (Lipinski definition) is 2. The number of benzene rings is 1. The number of rotatable bonds is 5. The Morgan fingerprint density at radius 3 is 2.61 bits per heavy atom. The molecule has 0 spiro atoms. The molecule has 0 atom stereocenters. The van der Waals surface area contributed by atoms with E-state index in [1.54, 1.807) is 6.07 Å². The molecule has 3 N–H and O–H groups in total. The molecule has 1 heterocycles. The SMILES string of the molecule is CCc1ccc(CNCc2cc(N)cc(Cl)c2)s1. The van der Waals surface area contributed by atoms with Gasteiger partial charge in [0, 0.05) is 33.6 Å². The van der Waals surface area contributed by atoms with Crippen LogP contribution in [-0.2, 0) is 19.5 Å². The Bertz CT molecular complexity index is 502. The van der Waals surface area contributed by atoms with Crippen molar-refractivity contribution in [3.05, 3.63) is 50.7 Å². The first kappa shape index (κ1) is 13.4. The van der Waals surface area contributed by atoms with E-state index in [9.17, 15) is 0 Å². The molecule has 0 aliphatic rings. The Morgan fingerprint density at radius 1 is 1.17 bits per heavy atom. The molecule has 0 bridgehead atoms. The lowest BCUT2D eigenvalue weighted by atomic mass is 10.2. The molecule has 2 nitrogen and oxygen atoms in total. The fourth-order valence-corrected chi connectivity index (χ4v) is 3.01. The lowest BCUT2D eigenvalue weighted by Gasteiger charge is -2.05. The molecule has 0 fully saturated rings. The molecule has 1 aromatic heterocycles. The summed E-state index contributed by atoms with van der Waals surface area (Å²) in [6, 6.07) is 10.0. The van der Waals surface area contributed by atoms with Gasteiger partial charge in [0.1, 0.15) is 0 Å². The van der Waals surface area contributed by atoms with Gasteiger partial charge < -0.3 is 11.1 Å². The van der Waals surface area contributed by atoms with E-state index in [4.69, 9.17) is 17.3 Å². The Morgan fingerprint density at radius 2 is 1.94 bits per heavy atom. The van der Waals surface area contributed by atoms with Crippen molar-refractivity contribution >= 4 is 28.6 Å². The number of hydrogen-bond acceptors (Lipinski definition) is 3. The van der Waals surface area contributed by atoms with Gasteiger partial charge in [-0.1, -0.05) is 18.5 Å². The van der Waals surface area contributed by atoms with Gasteiger partial charge in [0.25, 0.3) is 0 Å². The van der Waals surface area contributed by atoms with E-state index in [0.29, 0.717) is 10.7 Å². The van der Waals surface area contributed by atoms with Crippen LogP contribution < -0.4 is 11.1 Å². The largest absolute Gasteiger partial charge is 0.399 e. The lowest BCUT2D eigenvalue weighted by Crippen LogP contribution is -2.11. The zero-order chi connectivity index (χ0) is 13.0. The molecular formula is C14H17ClN2S. The van der Waals surface area contributed by atoms with Gasteiger partial charge in [-0.3, -0.25) is 0 Å². The van der Waals surface area contributed by atoms with Gasteiger partial charge in [0.15, 0.2) is 0 Å². The normalized spacial score (nSPS) is 10.8. The molecule has 0 saturated heterocycles. The molecule has 96 valence electrons. The van der Waals surface area contributed by atoms with E-state index < -0.39 is 0 Å². The van der Waals surface area contributed by atoms with Crippen LogP contribution in [0.25, 0.3) is 0 Å². The van der Waals surface area contributed by atoms with E-state index in [0.717, 1.165) is 25.1 Å². The summed E-state index contributed by atoms with van der Waals surface area (Å²) in [5, 5.41) is 4.10. The quantitative estimate of drug-likeness (QED) is 0.817. The zero-order valence-electron chi connectivity index (χ0n) is 10.4. The Kier molecular flexibility index (Phi) is 4.64. The first-order chi connectivity index (χ1) is 8.67. The minimum atomic E-state index is 0.691. The number of nitrogens with one attached hydrogen (secondary N) is 1. The molecular weight excluding hydrogens is 264 g/mol. The van der Waals surface area contributed by atoms with E-state index >= 15 is 0 Å². The average Bonchev–Trinajstić information content (AvgIpc) is 2.76. The highest BCUT2D eigenvalue weighted by molar-refractivity contribution is 7.11. The minimum absolute atomic E-state index is 0.691. The first-order valence-corrected chi connectivity index (χ1v) is 7.20. The Labute approximate surface area is 117 Å². The van der Waals surface area contributed by atoms with E-state index in [-0.39, 0.29) is 0 Å². The van der Waals surface area contributed by atoms with Crippen LogP contribution in [0.15, 0.2) is 30.3 Å². The number of nitrogens with two attached hydrogens (primary N) is 1. The Balaban J connectivity index is 1.88. The summed E-state index contributed by atoms with van der Waals surface area (Å²) < 4.78 is 0. The third-order valence-corrected chi connectivity index (χ3v) is 4.12. The second kappa shape index (κ2) is 6.23. The van der Waals surface area contributed by atoms with Gasteiger partial charge >= 0.3 is 0 Å². The smallest absolute Gasteiger partial charge is 0.0429 e. The van der Waals surface area contributed by atoms with Gasteiger partial charge in [0.05, 0.1) is 0 Å². The second-order valence-corrected chi connectivity index (χ2v) is 5.91. The molecule has 0 amide bonds. The topological polar surface area (TPSA) is 38.0 Å². The molecule has 18 heavy (non-hydrogen) atoms. The maximum absolute atomic E-state index is 5.96. The van der Waals surface area contributed by atoms with Gasteiger partial charge in [-0.2, -0.15) is 0 Å². The summed E-state index contributed by atoms with van der Waals surface area (Å²) in [6.07, 6.45) is 1.11. The van der Waals surface area contributed by atoms with Crippen LogP contribution in [-0.4, -0.2) is 0 Å². The van der Waals surface area contributed by atoms with Crippen molar-refractivity contribution in [1.82, 2.24) is 5.32 Å². The van der Waals surface area contributed by atoms with Gasteiger partial charge in [-0.25, -0.2) is 0 Å². The summed E-state index contributed by atoms with van der Waals surface area (Å²) in [7, 11) is 0. The van der Waals surface area contributed by atoms with Crippen LogP contribution in [0.1, 0.15) is 22.2 Å². The predicted molar refractivity (Wildman–Crippen MR) is 80.1 cm³/mol. The van der Waals surface area contributed by atoms with Crippen molar-refractivity contribution in [2.75, 3.05) is 5.73 Å². The van der Waals surface area contributed by atoms with Gasteiger partial charge in [-0.05, 0) is 42.3 Å². The van der Waals surface area contributed by atoms with Crippen LogP contribution >= 0.6 is 22.9 Å². The van der Waals surface area contributed by atoms with Crippen LogP contribution in [0.2, 0.25) is 5.02 Å². The molecule has 0 unspecified atom stereocenters. The van der Waals surface area contributed by atoms with Crippen molar-refractivity contribution < 1.29 is 0 Å². The summed E-state index contributed by atoms with van der Waals surface area (Å²) in [6.45, 7) is 3.85. The molecule has 0 saturated carbocycles. The van der Waals surface area contributed by atoms with Crippen LogP contribution in [0.3, 0.4) is 0 Å².